The van der Waals surface area contributed by atoms with Gasteiger partial charge < -0.3 is 19.5 Å². The number of amides is 1. The van der Waals surface area contributed by atoms with E-state index in [1.165, 1.54) is 17.7 Å². The summed E-state index contributed by atoms with van der Waals surface area (Å²) in [5.74, 6) is -0.650. The first-order valence-electron chi connectivity index (χ1n) is 13.9. The topological polar surface area (TPSA) is 78.8 Å². The Morgan fingerprint density at radius 2 is 1.61 bits per heavy atom. The fourth-order valence-corrected chi connectivity index (χ4v) is 5.35. The molecule has 1 N–H and O–H groups in total. The van der Waals surface area contributed by atoms with Gasteiger partial charge >= 0.3 is 0 Å². The van der Waals surface area contributed by atoms with Crippen LogP contribution >= 0.6 is 0 Å². The summed E-state index contributed by atoms with van der Waals surface area (Å²) in [7, 11) is 0. The van der Waals surface area contributed by atoms with Gasteiger partial charge in [-0.25, -0.2) is 13.8 Å². The van der Waals surface area contributed by atoms with Crippen molar-refractivity contribution in [1.82, 2.24) is 29.2 Å². The van der Waals surface area contributed by atoms with Crippen molar-refractivity contribution in [2.24, 2.45) is 0 Å². The van der Waals surface area contributed by atoms with Crippen LogP contribution in [0.15, 0.2) is 54.9 Å². The molecule has 0 aliphatic carbocycles. The van der Waals surface area contributed by atoms with Crippen molar-refractivity contribution in [2.45, 2.75) is 20.0 Å². The Balaban J connectivity index is 1.15. The van der Waals surface area contributed by atoms with Crippen LogP contribution in [-0.2, 0) is 22.6 Å². The van der Waals surface area contributed by atoms with Gasteiger partial charge in [0.2, 0.25) is 11.9 Å². The highest BCUT2D eigenvalue weighted by molar-refractivity contribution is 5.79. The summed E-state index contributed by atoms with van der Waals surface area (Å²) in [6, 6.07) is 12.6. The molecule has 0 saturated carbocycles. The normalized spacial score (nSPS) is 16.8. The number of carbonyl (C=O) groups excluding carboxylic acids is 1. The molecule has 0 atom stereocenters. The number of rotatable bonds is 7. The van der Waals surface area contributed by atoms with E-state index in [4.69, 9.17) is 4.74 Å². The number of hydrogen-bond acceptors (Lipinski definition) is 7. The first-order chi connectivity index (χ1) is 19.9. The molecule has 9 nitrogen and oxygen atoms in total. The number of aromatic nitrogens is 3. The third kappa shape index (κ3) is 6.22. The zero-order chi connectivity index (χ0) is 28.3. The number of fused-ring (bicyclic) bond motifs is 1. The molecule has 41 heavy (non-hydrogen) atoms. The Morgan fingerprint density at radius 3 is 2.29 bits per heavy atom. The van der Waals surface area contributed by atoms with E-state index < -0.39 is 11.6 Å². The lowest BCUT2D eigenvalue weighted by Crippen LogP contribution is -2.47. The molecular weight excluding hydrogens is 528 g/mol. The zero-order valence-corrected chi connectivity index (χ0v) is 23.0. The molecule has 2 aromatic carbocycles. The molecule has 0 radical (unpaired) electrons. The van der Waals surface area contributed by atoms with Gasteiger partial charge in [0.05, 0.1) is 18.9 Å². The molecule has 0 bridgehead atoms. The lowest BCUT2D eigenvalue weighted by Gasteiger charge is -2.34. The maximum Gasteiger partial charge on any atom is 0.229 e. The van der Waals surface area contributed by atoms with Crippen LogP contribution in [0.25, 0.3) is 16.7 Å². The Hall–Kier alpha value is -3.93. The van der Waals surface area contributed by atoms with Crippen LogP contribution in [0.1, 0.15) is 18.1 Å². The molecule has 2 saturated heterocycles. The lowest BCUT2D eigenvalue weighted by molar-refractivity contribution is -0.130. The second kappa shape index (κ2) is 11.9. The molecule has 4 heterocycles. The second-order valence-corrected chi connectivity index (χ2v) is 10.5. The van der Waals surface area contributed by atoms with E-state index in [9.17, 15) is 4.79 Å². The van der Waals surface area contributed by atoms with Gasteiger partial charge in [0.25, 0.3) is 0 Å². The van der Waals surface area contributed by atoms with Crippen LogP contribution in [-0.4, -0.2) is 87.6 Å². The van der Waals surface area contributed by atoms with Gasteiger partial charge in [0, 0.05) is 88.3 Å². The number of anilines is 2. The number of benzene rings is 2. The van der Waals surface area contributed by atoms with E-state index >= 15 is 8.78 Å². The number of hydrogen-bond donors (Lipinski definition) is 1. The molecule has 2 fully saturated rings. The summed E-state index contributed by atoms with van der Waals surface area (Å²) in [6.45, 7) is 8.31. The Kier molecular flexibility index (Phi) is 7.91. The monoisotopic (exact) mass is 561 g/mol. The summed E-state index contributed by atoms with van der Waals surface area (Å²) in [6.07, 6.45) is 3.43. The standard InChI is InChI=1S/C30H33F2N7O2/c1-21(40)38-10-8-36(9-11-38)19-22-2-4-24(5-3-22)34-30-33-18-23-6-7-39(29(23)35-30)25-16-27(31)26(28(32)17-25)20-37-12-14-41-15-13-37/h2-7,16-18H,8-15,19-20H2,1H3,(H,33,34,35). The van der Waals surface area contributed by atoms with E-state index in [2.05, 4.69) is 32.3 Å². The molecule has 2 aromatic heterocycles. The number of piperazine rings is 1. The molecule has 6 rings (SSSR count). The highest BCUT2D eigenvalue weighted by atomic mass is 19.1. The average Bonchev–Trinajstić information content (AvgIpc) is 3.40. The van der Waals surface area contributed by atoms with Crippen LogP contribution in [0.3, 0.4) is 0 Å². The third-order valence-corrected chi connectivity index (χ3v) is 7.75. The van der Waals surface area contributed by atoms with Gasteiger partial charge in [0.1, 0.15) is 17.3 Å². The molecule has 0 spiro atoms. The first kappa shape index (κ1) is 27.3. The van der Waals surface area contributed by atoms with Crippen molar-refractivity contribution in [1.29, 1.82) is 0 Å². The minimum absolute atomic E-state index is 0.0610. The van der Waals surface area contributed by atoms with Crippen LogP contribution in [0.5, 0.6) is 0 Å². The maximum absolute atomic E-state index is 15.1. The van der Waals surface area contributed by atoms with E-state index in [1.54, 1.807) is 23.9 Å². The Morgan fingerprint density at radius 1 is 0.927 bits per heavy atom. The van der Waals surface area contributed by atoms with Crippen LogP contribution < -0.4 is 5.32 Å². The van der Waals surface area contributed by atoms with E-state index in [0.29, 0.717) is 43.6 Å². The van der Waals surface area contributed by atoms with Crippen LogP contribution in [0, 0.1) is 11.6 Å². The number of nitrogens with zero attached hydrogens (tertiary/aromatic N) is 6. The predicted molar refractivity (Wildman–Crippen MR) is 152 cm³/mol. The fraction of sp³-hybridized carbons (Fsp3) is 0.367. The van der Waals surface area contributed by atoms with Crippen LogP contribution in [0.4, 0.5) is 20.4 Å². The zero-order valence-electron chi connectivity index (χ0n) is 23.0. The third-order valence-electron chi connectivity index (χ3n) is 7.75. The summed E-state index contributed by atoms with van der Waals surface area (Å²) in [4.78, 5) is 26.8. The highest BCUT2D eigenvalue weighted by Crippen LogP contribution is 2.25. The first-order valence-corrected chi connectivity index (χ1v) is 13.9. The molecule has 214 valence electrons. The van der Waals surface area contributed by atoms with Gasteiger partial charge in [0.15, 0.2) is 0 Å². The Bertz CT molecular complexity index is 1500. The smallest absolute Gasteiger partial charge is 0.229 e. The summed E-state index contributed by atoms with van der Waals surface area (Å²) in [5, 5.41) is 3.99. The molecule has 1 amide bonds. The van der Waals surface area contributed by atoms with Gasteiger partial charge in [-0.1, -0.05) is 12.1 Å². The summed E-state index contributed by atoms with van der Waals surface area (Å²) >= 11 is 0. The van der Waals surface area contributed by atoms with Crippen molar-refractivity contribution in [3.63, 3.8) is 0 Å². The van der Waals surface area contributed by atoms with Crippen LogP contribution in [0.2, 0.25) is 0 Å². The minimum Gasteiger partial charge on any atom is -0.379 e. The number of carbonyl (C=O) groups is 1. The SMILES string of the molecule is CC(=O)N1CCN(Cc2ccc(Nc3ncc4ccn(-c5cc(F)c(CN6CCOCC6)c(F)c5)c4n3)cc2)CC1. The van der Waals surface area contributed by atoms with Crippen molar-refractivity contribution in [3.05, 3.63) is 77.6 Å². The Labute approximate surface area is 237 Å². The number of nitrogens with one attached hydrogen (secondary N) is 1. The van der Waals surface area contributed by atoms with Crippen molar-refractivity contribution in [2.75, 3.05) is 57.8 Å². The van der Waals surface area contributed by atoms with E-state index in [-0.39, 0.29) is 18.0 Å². The van der Waals surface area contributed by atoms with Gasteiger partial charge in [-0.15, -0.1) is 0 Å². The maximum atomic E-state index is 15.1. The van der Waals surface area contributed by atoms with Gasteiger partial charge in [-0.05, 0) is 35.9 Å². The molecule has 2 aliphatic heterocycles. The number of halogens is 2. The molecule has 4 aromatic rings. The molecule has 11 heteroatoms. The lowest BCUT2D eigenvalue weighted by atomic mass is 10.1. The fourth-order valence-electron chi connectivity index (χ4n) is 5.35. The quantitative estimate of drug-likeness (QED) is 0.366. The van der Waals surface area contributed by atoms with Crippen molar-refractivity contribution < 1.29 is 18.3 Å². The second-order valence-electron chi connectivity index (χ2n) is 10.5. The van der Waals surface area contributed by atoms with E-state index in [1.807, 2.05) is 28.0 Å². The summed E-state index contributed by atoms with van der Waals surface area (Å²) in [5.41, 5.74) is 2.98. The van der Waals surface area contributed by atoms with Gasteiger partial charge in [-0.2, -0.15) is 4.98 Å². The average molecular weight is 562 g/mol. The largest absolute Gasteiger partial charge is 0.379 e. The molecular formula is C30H33F2N7O2. The van der Waals surface area contributed by atoms with E-state index in [0.717, 1.165) is 43.8 Å². The molecule has 2 aliphatic rings. The number of morpholine rings is 1. The highest BCUT2D eigenvalue weighted by Gasteiger charge is 2.20. The molecule has 0 unspecified atom stereocenters. The minimum atomic E-state index is -0.582. The van der Waals surface area contributed by atoms with Crippen molar-refractivity contribution in [3.8, 4) is 5.69 Å². The number of ether oxygens (including phenoxy) is 1. The summed E-state index contributed by atoms with van der Waals surface area (Å²) < 4.78 is 37.2. The van der Waals surface area contributed by atoms with Crippen molar-refractivity contribution >= 4 is 28.6 Å². The predicted octanol–water partition coefficient (Wildman–Crippen LogP) is 3.94. The van der Waals surface area contributed by atoms with Gasteiger partial charge in [-0.3, -0.25) is 14.6 Å².